The normalized spacial score (nSPS) is 18.1. The number of alkyl halides is 3. The lowest BCUT2D eigenvalue weighted by molar-refractivity contribution is -0.137. The molecule has 3 amide bonds. The molecule has 4 rings (SSSR count). The van der Waals surface area contributed by atoms with E-state index < -0.39 is 23.7 Å². The fourth-order valence-corrected chi connectivity index (χ4v) is 4.92. The van der Waals surface area contributed by atoms with Gasteiger partial charge in [0.2, 0.25) is 0 Å². The van der Waals surface area contributed by atoms with Crippen LogP contribution in [0.4, 0.5) is 23.7 Å². The first-order chi connectivity index (χ1) is 18.6. The van der Waals surface area contributed by atoms with Gasteiger partial charge in [-0.2, -0.15) is 13.2 Å². The highest BCUT2D eigenvalue weighted by molar-refractivity contribution is 5.94. The Morgan fingerprint density at radius 2 is 1.56 bits per heavy atom. The molecule has 0 unspecified atom stereocenters. The number of halogens is 3. The van der Waals surface area contributed by atoms with Gasteiger partial charge in [-0.15, -0.1) is 0 Å². The quantitative estimate of drug-likeness (QED) is 0.318. The van der Waals surface area contributed by atoms with Crippen molar-refractivity contribution in [2.24, 2.45) is 0 Å². The number of piperazine rings is 1. The lowest BCUT2D eigenvalue weighted by Gasteiger charge is -2.45. The van der Waals surface area contributed by atoms with E-state index >= 15 is 0 Å². The SMILES string of the molecule is C[C@@H]1CN(C(=O)N(Cc2ccc(C(=O)NO)cc2)c2cccc(C(F)(F)F)c2)C[C@H](C)N1Cc1ccccc1. The second-order valence-corrected chi connectivity index (χ2v) is 9.82. The van der Waals surface area contributed by atoms with Gasteiger partial charge in [0.15, 0.2) is 0 Å². The number of hydroxylamine groups is 1. The van der Waals surface area contributed by atoms with Crippen LogP contribution in [0.15, 0.2) is 78.9 Å². The zero-order valence-corrected chi connectivity index (χ0v) is 21.7. The molecule has 7 nitrogen and oxygen atoms in total. The van der Waals surface area contributed by atoms with Gasteiger partial charge >= 0.3 is 12.2 Å². The number of nitrogens with one attached hydrogen (secondary N) is 1. The van der Waals surface area contributed by atoms with Crippen molar-refractivity contribution in [3.8, 4) is 0 Å². The molecule has 1 fully saturated rings. The van der Waals surface area contributed by atoms with Gasteiger partial charge in [-0.05, 0) is 55.3 Å². The topological polar surface area (TPSA) is 76.1 Å². The maximum atomic E-state index is 13.9. The third-order valence-corrected chi connectivity index (χ3v) is 6.95. The molecule has 1 heterocycles. The maximum Gasteiger partial charge on any atom is 0.416 e. The van der Waals surface area contributed by atoms with Crippen LogP contribution in [0.2, 0.25) is 0 Å². The predicted molar refractivity (Wildman–Crippen MR) is 141 cm³/mol. The van der Waals surface area contributed by atoms with E-state index in [0.717, 1.165) is 18.7 Å². The van der Waals surface area contributed by atoms with Gasteiger partial charge < -0.3 is 4.90 Å². The minimum absolute atomic E-state index is 0.00579. The van der Waals surface area contributed by atoms with Gasteiger partial charge in [0.25, 0.3) is 5.91 Å². The molecule has 2 atom stereocenters. The Labute approximate surface area is 225 Å². The summed E-state index contributed by atoms with van der Waals surface area (Å²) in [6.07, 6.45) is -4.56. The van der Waals surface area contributed by atoms with Crippen LogP contribution >= 0.6 is 0 Å². The van der Waals surface area contributed by atoms with E-state index in [9.17, 15) is 22.8 Å². The Morgan fingerprint density at radius 1 is 0.923 bits per heavy atom. The van der Waals surface area contributed by atoms with Crippen LogP contribution in [0.5, 0.6) is 0 Å². The van der Waals surface area contributed by atoms with Crippen molar-refractivity contribution in [2.75, 3.05) is 18.0 Å². The van der Waals surface area contributed by atoms with E-state index in [2.05, 4.69) is 17.0 Å². The average molecular weight is 541 g/mol. The van der Waals surface area contributed by atoms with Crippen molar-refractivity contribution in [3.05, 3.63) is 101 Å². The summed E-state index contributed by atoms with van der Waals surface area (Å²) >= 11 is 0. The molecule has 2 N–H and O–H groups in total. The number of hydrogen-bond acceptors (Lipinski definition) is 4. The van der Waals surface area contributed by atoms with Gasteiger partial charge in [-0.25, -0.2) is 10.3 Å². The van der Waals surface area contributed by atoms with Crippen LogP contribution < -0.4 is 10.4 Å². The van der Waals surface area contributed by atoms with Gasteiger partial charge in [-0.3, -0.25) is 19.8 Å². The summed E-state index contributed by atoms with van der Waals surface area (Å²) in [6, 6.07) is 20.6. The number of urea groups is 1. The Bertz CT molecular complexity index is 1270. The first-order valence-corrected chi connectivity index (χ1v) is 12.6. The fourth-order valence-electron chi connectivity index (χ4n) is 4.92. The lowest BCUT2D eigenvalue weighted by atomic mass is 10.1. The van der Waals surface area contributed by atoms with Crippen molar-refractivity contribution in [1.29, 1.82) is 0 Å². The summed E-state index contributed by atoms with van der Waals surface area (Å²) in [7, 11) is 0. The molecule has 3 aromatic rings. The van der Waals surface area contributed by atoms with E-state index in [1.807, 2.05) is 32.0 Å². The van der Waals surface area contributed by atoms with Gasteiger partial charge in [0, 0.05) is 43.0 Å². The molecule has 0 aromatic heterocycles. The number of rotatable bonds is 6. The van der Waals surface area contributed by atoms with Crippen molar-refractivity contribution in [3.63, 3.8) is 0 Å². The van der Waals surface area contributed by atoms with Gasteiger partial charge in [-0.1, -0.05) is 48.5 Å². The molecular weight excluding hydrogens is 509 g/mol. The standard InChI is InChI=1S/C29H31F3N4O3/c1-20-16-34(17-21(2)35(20)18-22-7-4-3-5-8-22)28(38)36(26-10-6-9-25(15-26)29(30,31)32)19-23-11-13-24(14-12-23)27(37)33-39/h3-15,20-21,39H,16-19H2,1-2H3,(H,33,37)/t20-,21+. The third kappa shape index (κ3) is 6.76. The van der Waals surface area contributed by atoms with Crippen molar-refractivity contribution in [1.82, 2.24) is 15.3 Å². The third-order valence-electron chi connectivity index (χ3n) is 6.95. The minimum atomic E-state index is -4.56. The number of benzene rings is 3. The van der Waals surface area contributed by atoms with E-state index in [-0.39, 0.29) is 29.9 Å². The summed E-state index contributed by atoms with van der Waals surface area (Å²) in [4.78, 5) is 30.9. The summed E-state index contributed by atoms with van der Waals surface area (Å²) < 4.78 is 40.5. The molecule has 1 aliphatic heterocycles. The zero-order chi connectivity index (χ0) is 28.2. The Morgan fingerprint density at radius 3 is 2.15 bits per heavy atom. The van der Waals surface area contributed by atoms with E-state index in [1.54, 1.807) is 22.5 Å². The predicted octanol–water partition coefficient (Wildman–Crippen LogP) is 5.55. The Balaban J connectivity index is 1.59. The summed E-state index contributed by atoms with van der Waals surface area (Å²) in [5.74, 6) is -0.691. The Hall–Kier alpha value is -3.89. The summed E-state index contributed by atoms with van der Waals surface area (Å²) in [5, 5.41) is 8.85. The molecule has 1 aliphatic rings. The number of hydrogen-bond donors (Lipinski definition) is 2. The number of anilines is 1. The maximum absolute atomic E-state index is 13.9. The van der Waals surface area contributed by atoms with Crippen LogP contribution in [0.25, 0.3) is 0 Å². The first-order valence-electron chi connectivity index (χ1n) is 12.6. The van der Waals surface area contributed by atoms with Crippen LogP contribution in [-0.2, 0) is 19.3 Å². The minimum Gasteiger partial charge on any atom is -0.321 e. The molecule has 39 heavy (non-hydrogen) atoms. The van der Waals surface area contributed by atoms with Crippen LogP contribution in [-0.4, -0.2) is 52.1 Å². The second-order valence-electron chi connectivity index (χ2n) is 9.82. The fraction of sp³-hybridized carbons (Fsp3) is 0.310. The highest BCUT2D eigenvalue weighted by atomic mass is 19.4. The number of nitrogens with zero attached hydrogens (tertiary/aromatic N) is 3. The van der Waals surface area contributed by atoms with Crippen molar-refractivity contribution < 1.29 is 28.0 Å². The molecule has 3 aromatic carbocycles. The molecule has 0 saturated carbocycles. The van der Waals surface area contributed by atoms with Crippen molar-refractivity contribution >= 4 is 17.6 Å². The number of amides is 3. The van der Waals surface area contributed by atoms with E-state index in [0.29, 0.717) is 18.7 Å². The molecule has 10 heteroatoms. The van der Waals surface area contributed by atoms with E-state index in [1.165, 1.54) is 34.7 Å². The number of carbonyl (C=O) groups excluding carboxylic acids is 2. The van der Waals surface area contributed by atoms with Crippen molar-refractivity contribution in [2.45, 2.75) is 45.2 Å². The van der Waals surface area contributed by atoms with Crippen LogP contribution in [0.3, 0.4) is 0 Å². The smallest absolute Gasteiger partial charge is 0.321 e. The average Bonchev–Trinajstić information content (AvgIpc) is 2.93. The molecule has 0 spiro atoms. The van der Waals surface area contributed by atoms with Gasteiger partial charge in [0.05, 0.1) is 12.1 Å². The molecule has 0 bridgehead atoms. The van der Waals surface area contributed by atoms with E-state index in [4.69, 9.17) is 5.21 Å². The first kappa shape index (κ1) is 28.1. The van der Waals surface area contributed by atoms with Crippen LogP contribution in [0.1, 0.15) is 40.9 Å². The second kappa shape index (κ2) is 11.9. The largest absolute Gasteiger partial charge is 0.416 e. The van der Waals surface area contributed by atoms with Gasteiger partial charge in [0.1, 0.15) is 0 Å². The molecule has 206 valence electrons. The molecule has 0 aliphatic carbocycles. The molecule has 1 saturated heterocycles. The monoisotopic (exact) mass is 540 g/mol. The Kier molecular flexibility index (Phi) is 8.57. The highest BCUT2D eigenvalue weighted by Crippen LogP contribution is 2.33. The molecule has 0 radical (unpaired) electrons. The summed E-state index contributed by atoms with van der Waals surface area (Å²) in [5.41, 5.74) is 2.81. The summed E-state index contributed by atoms with van der Waals surface area (Å²) in [6.45, 7) is 5.64. The molecular formula is C29H31F3N4O3. The highest BCUT2D eigenvalue weighted by Gasteiger charge is 2.35. The number of carbonyl (C=O) groups is 2. The zero-order valence-electron chi connectivity index (χ0n) is 21.7. The lowest BCUT2D eigenvalue weighted by Crippen LogP contribution is -2.59. The van der Waals surface area contributed by atoms with Crippen LogP contribution in [0, 0.1) is 0 Å².